The maximum Gasteiger partial charge on any atom is 0.150 e. The molecule has 0 aliphatic carbocycles. The van der Waals surface area contributed by atoms with Crippen LogP contribution in [0.3, 0.4) is 0 Å². The monoisotopic (exact) mass is 190 g/mol. The van der Waals surface area contributed by atoms with Gasteiger partial charge in [-0.3, -0.25) is 9.52 Å². The minimum atomic E-state index is -0.0927. The van der Waals surface area contributed by atoms with Gasteiger partial charge in [-0.25, -0.2) is 0 Å². The Morgan fingerprint density at radius 2 is 2.25 bits per heavy atom. The molecule has 0 saturated carbocycles. The van der Waals surface area contributed by atoms with Crippen LogP contribution < -0.4 is 10.5 Å². The first-order valence-electron chi connectivity index (χ1n) is 4.38. The number of hydrogen-bond donors (Lipinski definition) is 3. The number of ketones is 1. The highest BCUT2D eigenvalue weighted by atomic mass is 32.1. The van der Waals surface area contributed by atoms with Gasteiger partial charge in [-0.15, -0.1) is 0 Å². The van der Waals surface area contributed by atoms with E-state index in [1.807, 2.05) is 6.92 Å². The SMILES string of the molecule is CCC(=O)C(CCCCN)NS. The fourth-order valence-electron chi connectivity index (χ4n) is 1.04. The minimum absolute atomic E-state index is 0.0927. The summed E-state index contributed by atoms with van der Waals surface area (Å²) in [5.74, 6) is 0.224. The molecule has 0 saturated heterocycles. The third kappa shape index (κ3) is 4.74. The van der Waals surface area contributed by atoms with Gasteiger partial charge in [0.25, 0.3) is 0 Å². The minimum Gasteiger partial charge on any atom is -0.330 e. The van der Waals surface area contributed by atoms with E-state index in [2.05, 4.69) is 17.5 Å². The van der Waals surface area contributed by atoms with Crippen LogP contribution in [-0.4, -0.2) is 18.4 Å². The summed E-state index contributed by atoms with van der Waals surface area (Å²) in [6.45, 7) is 2.56. The van der Waals surface area contributed by atoms with Crippen LogP contribution in [0.1, 0.15) is 32.6 Å². The maximum atomic E-state index is 11.2. The van der Waals surface area contributed by atoms with Crippen LogP contribution in [-0.2, 0) is 4.79 Å². The summed E-state index contributed by atoms with van der Waals surface area (Å²) in [6, 6.07) is -0.0927. The Morgan fingerprint density at radius 1 is 1.58 bits per heavy atom. The Bertz CT molecular complexity index is 130. The van der Waals surface area contributed by atoms with Crippen molar-refractivity contribution in [3.8, 4) is 0 Å². The quantitative estimate of drug-likeness (QED) is 0.413. The highest BCUT2D eigenvalue weighted by Gasteiger charge is 2.13. The second-order valence-electron chi connectivity index (χ2n) is 2.79. The third-order valence-corrected chi connectivity index (χ3v) is 2.15. The molecule has 4 heteroatoms. The van der Waals surface area contributed by atoms with Crippen LogP contribution in [0, 0.1) is 0 Å². The van der Waals surface area contributed by atoms with E-state index in [4.69, 9.17) is 5.73 Å². The molecule has 1 atom stereocenters. The molecule has 0 aromatic carbocycles. The van der Waals surface area contributed by atoms with Gasteiger partial charge in [0.15, 0.2) is 0 Å². The molecular weight excluding hydrogens is 172 g/mol. The van der Waals surface area contributed by atoms with Gasteiger partial charge in [0.2, 0.25) is 0 Å². The van der Waals surface area contributed by atoms with Gasteiger partial charge < -0.3 is 5.73 Å². The Hall–Kier alpha value is -0.0600. The zero-order valence-corrected chi connectivity index (χ0v) is 8.44. The van der Waals surface area contributed by atoms with Gasteiger partial charge in [0.05, 0.1) is 6.04 Å². The van der Waals surface area contributed by atoms with Crippen LogP contribution >= 0.6 is 12.8 Å². The Kier molecular flexibility index (Phi) is 7.54. The van der Waals surface area contributed by atoms with E-state index in [1.165, 1.54) is 0 Å². The van der Waals surface area contributed by atoms with E-state index in [9.17, 15) is 4.79 Å². The summed E-state index contributed by atoms with van der Waals surface area (Å²) in [7, 11) is 0. The average Bonchev–Trinajstić information content (AvgIpc) is 2.11. The van der Waals surface area contributed by atoms with Gasteiger partial charge in [0, 0.05) is 6.42 Å². The highest BCUT2D eigenvalue weighted by Crippen LogP contribution is 2.03. The van der Waals surface area contributed by atoms with Crippen molar-refractivity contribution in [3.63, 3.8) is 0 Å². The van der Waals surface area contributed by atoms with Gasteiger partial charge >= 0.3 is 0 Å². The highest BCUT2D eigenvalue weighted by molar-refractivity contribution is 7.78. The predicted molar refractivity (Wildman–Crippen MR) is 54.1 cm³/mol. The van der Waals surface area contributed by atoms with Crippen molar-refractivity contribution in [2.24, 2.45) is 5.73 Å². The molecule has 0 fully saturated rings. The van der Waals surface area contributed by atoms with E-state index in [0.717, 1.165) is 19.3 Å². The second-order valence-corrected chi connectivity index (χ2v) is 3.04. The lowest BCUT2D eigenvalue weighted by Crippen LogP contribution is -2.30. The van der Waals surface area contributed by atoms with Crippen molar-refractivity contribution in [2.75, 3.05) is 6.54 Å². The van der Waals surface area contributed by atoms with Crippen molar-refractivity contribution in [1.29, 1.82) is 0 Å². The van der Waals surface area contributed by atoms with Crippen molar-refractivity contribution < 1.29 is 4.79 Å². The molecule has 3 N–H and O–H groups in total. The molecular formula is C8H18N2OS. The van der Waals surface area contributed by atoms with Gasteiger partial charge in [-0.05, 0) is 19.4 Å². The summed E-state index contributed by atoms with van der Waals surface area (Å²) in [6.07, 6.45) is 3.37. The molecule has 0 bridgehead atoms. The lowest BCUT2D eigenvalue weighted by atomic mass is 10.0. The topological polar surface area (TPSA) is 55.1 Å². The van der Waals surface area contributed by atoms with Crippen LogP contribution in [0.2, 0.25) is 0 Å². The molecule has 0 rings (SSSR count). The number of rotatable bonds is 7. The normalized spacial score (nSPS) is 12.9. The lowest BCUT2D eigenvalue weighted by Gasteiger charge is -2.12. The molecule has 12 heavy (non-hydrogen) atoms. The zero-order valence-electron chi connectivity index (χ0n) is 7.55. The number of carbonyl (C=O) groups excluding carboxylic acids is 1. The summed E-state index contributed by atoms with van der Waals surface area (Å²) < 4.78 is 2.72. The van der Waals surface area contributed by atoms with Gasteiger partial charge in [-0.2, -0.15) is 0 Å². The first-order chi connectivity index (χ1) is 5.76. The standard InChI is InChI=1S/C8H18N2OS/c1-2-8(11)7(10-12)5-3-4-6-9/h7,10,12H,2-6,9H2,1H3. The zero-order chi connectivity index (χ0) is 9.40. The maximum absolute atomic E-state index is 11.2. The molecule has 0 aromatic rings. The Balaban J connectivity index is 3.60. The summed E-state index contributed by atoms with van der Waals surface area (Å²) >= 11 is 3.91. The van der Waals surface area contributed by atoms with E-state index in [-0.39, 0.29) is 11.8 Å². The summed E-state index contributed by atoms with van der Waals surface area (Å²) in [5, 5.41) is 0. The van der Waals surface area contributed by atoms with Crippen LogP contribution in [0.15, 0.2) is 0 Å². The van der Waals surface area contributed by atoms with E-state index in [1.54, 1.807) is 0 Å². The molecule has 3 nitrogen and oxygen atoms in total. The van der Waals surface area contributed by atoms with Crippen LogP contribution in [0.25, 0.3) is 0 Å². The number of Topliss-reactive ketones (excluding diaryl/α,β-unsaturated/α-hetero) is 1. The molecule has 0 aromatic heterocycles. The first kappa shape index (κ1) is 11.9. The van der Waals surface area contributed by atoms with Crippen molar-refractivity contribution in [3.05, 3.63) is 0 Å². The van der Waals surface area contributed by atoms with Gasteiger partial charge in [0.1, 0.15) is 5.78 Å². The molecule has 72 valence electrons. The molecule has 0 amide bonds. The molecule has 0 aliphatic heterocycles. The first-order valence-corrected chi connectivity index (χ1v) is 4.83. The number of unbranched alkanes of at least 4 members (excludes halogenated alkanes) is 1. The fourth-order valence-corrected chi connectivity index (χ4v) is 1.31. The Morgan fingerprint density at radius 3 is 2.67 bits per heavy atom. The fraction of sp³-hybridized carbons (Fsp3) is 0.875. The molecule has 0 aliphatic rings. The van der Waals surface area contributed by atoms with Crippen LogP contribution in [0.5, 0.6) is 0 Å². The molecule has 0 radical (unpaired) electrons. The smallest absolute Gasteiger partial charge is 0.150 e. The van der Waals surface area contributed by atoms with Crippen molar-refractivity contribution in [1.82, 2.24) is 4.72 Å². The summed E-state index contributed by atoms with van der Waals surface area (Å²) in [5.41, 5.74) is 5.34. The average molecular weight is 190 g/mol. The third-order valence-electron chi connectivity index (χ3n) is 1.84. The van der Waals surface area contributed by atoms with E-state index >= 15 is 0 Å². The van der Waals surface area contributed by atoms with Crippen molar-refractivity contribution in [2.45, 2.75) is 38.6 Å². The second kappa shape index (κ2) is 7.58. The largest absolute Gasteiger partial charge is 0.330 e. The molecule has 0 spiro atoms. The molecule has 1 unspecified atom stereocenters. The van der Waals surface area contributed by atoms with E-state index in [0.29, 0.717) is 13.0 Å². The number of nitrogens with two attached hydrogens (primary N) is 1. The van der Waals surface area contributed by atoms with E-state index < -0.39 is 0 Å². The number of thiol groups is 1. The lowest BCUT2D eigenvalue weighted by molar-refractivity contribution is -0.120. The summed E-state index contributed by atoms with van der Waals surface area (Å²) in [4.78, 5) is 11.2. The van der Waals surface area contributed by atoms with Crippen LogP contribution in [0.4, 0.5) is 0 Å². The Labute approximate surface area is 79.6 Å². The number of nitrogens with one attached hydrogen (secondary N) is 1. The number of hydrogen-bond acceptors (Lipinski definition) is 4. The van der Waals surface area contributed by atoms with Crippen molar-refractivity contribution >= 4 is 18.6 Å². The van der Waals surface area contributed by atoms with Gasteiger partial charge in [-0.1, -0.05) is 26.2 Å². The predicted octanol–water partition coefficient (Wildman–Crippen LogP) is 0.897. The number of carbonyl (C=O) groups is 1. The molecule has 0 heterocycles.